The highest BCUT2D eigenvalue weighted by Crippen LogP contribution is 2.19. The number of likely N-dealkylation sites (tertiary alicyclic amines) is 1. The lowest BCUT2D eigenvalue weighted by Crippen LogP contribution is -2.39. The number of piperidine rings is 1. The van der Waals surface area contributed by atoms with Crippen LogP contribution in [0.1, 0.15) is 39.5 Å². The van der Waals surface area contributed by atoms with Crippen LogP contribution in [0.15, 0.2) is 4.99 Å². The number of nitrogens with zero attached hydrogens (tertiary/aromatic N) is 2. The number of ether oxygens (including phenoxy) is 1. The minimum atomic E-state index is 0. The first-order valence-electron chi connectivity index (χ1n) is 8.53. The molecule has 0 aromatic carbocycles. The summed E-state index contributed by atoms with van der Waals surface area (Å²) in [5.74, 6) is 1.82. The van der Waals surface area contributed by atoms with Gasteiger partial charge in [0.05, 0.1) is 0 Å². The van der Waals surface area contributed by atoms with Crippen molar-refractivity contribution in [1.29, 1.82) is 0 Å². The van der Waals surface area contributed by atoms with Crippen LogP contribution in [0, 0.1) is 5.92 Å². The summed E-state index contributed by atoms with van der Waals surface area (Å²) in [6, 6.07) is 0. The second-order valence-electron chi connectivity index (χ2n) is 5.70. The molecule has 1 aliphatic heterocycles. The monoisotopic (exact) mass is 426 g/mol. The van der Waals surface area contributed by atoms with E-state index in [0.29, 0.717) is 0 Å². The van der Waals surface area contributed by atoms with Crippen molar-refractivity contribution in [2.75, 3.05) is 53.0 Å². The largest absolute Gasteiger partial charge is 0.385 e. The van der Waals surface area contributed by atoms with Crippen molar-refractivity contribution < 1.29 is 4.74 Å². The van der Waals surface area contributed by atoms with E-state index in [1.165, 1.54) is 38.9 Å². The molecule has 0 amide bonds. The van der Waals surface area contributed by atoms with Gasteiger partial charge in [-0.05, 0) is 58.2 Å². The van der Waals surface area contributed by atoms with Crippen molar-refractivity contribution in [2.45, 2.75) is 39.5 Å². The molecule has 1 fully saturated rings. The average Bonchev–Trinajstić information content (AvgIpc) is 2.52. The average molecular weight is 426 g/mol. The smallest absolute Gasteiger partial charge is 0.191 e. The number of aliphatic imine (C=N–C) groups is 1. The maximum absolute atomic E-state index is 5.05. The number of hydrogen-bond acceptors (Lipinski definition) is 3. The van der Waals surface area contributed by atoms with Gasteiger partial charge in [0, 0.05) is 33.4 Å². The standard InChI is InChI=1S/C16H34N4O.HI/c1-4-17-16(18-10-6-14-21-3)19-11-7-15-8-12-20(5-2)13-9-15;/h15H,4-14H2,1-3H3,(H2,17,18,19);1H. The molecule has 1 rings (SSSR count). The predicted molar refractivity (Wildman–Crippen MR) is 105 cm³/mol. The molecule has 6 heteroatoms. The predicted octanol–water partition coefficient (Wildman–Crippen LogP) is 2.32. The molecule has 0 aliphatic carbocycles. The summed E-state index contributed by atoms with van der Waals surface area (Å²) in [7, 11) is 1.73. The van der Waals surface area contributed by atoms with Gasteiger partial charge in [0.15, 0.2) is 5.96 Å². The Kier molecular flexibility index (Phi) is 14.5. The SMILES string of the molecule is CCNC(=NCCCOC)NCCC1CCN(CC)CC1.I. The fourth-order valence-electron chi connectivity index (χ4n) is 2.73. The van der Waals surface area contributed by atoms with Crippen LogP contribution in [0.4, 0.5) is 0 Å². The lowest BCUT2D eigenvalue weighted by atomic mass is 9.93. The summed E-state index contributed by atoms with van der Waals surface area (Å²) in [5.41, 5.74) is 0. The molecule has 2 N–H and O–H groups in total. The normalized spacial score (nSPS) is 17.1. The van der Waals surface area contributed by atoms with Gasteiger partial charge < -0.3 is 20.3 Å². The number of nitrogens with one attached hydrogen (secondary N) is 2. The summed E-state index contributed by atoms with van der Waals surface area (Å²) in [6.45, 7) is 11.6. The first kappa shape index (κ1) is 21.9. The van der Waals surface area contributed by atoms with E-state index >= 15 is 0 Å². The zero-order chi connectivity index (χ0) is 15.3. The van der Waals surface area contributed by atoms with E-state index in [9.17, 15) is 0 Å². The van der Waals surface area contributed by atoms with E-state index < -0.39 is 0 Å². The van der Waals surface area contributed by atoms with E-state index in [4.69, 9.17) is 4.74 Å². The number of guanidine groups is 1. The van der Waals surface area contributed by atoms with Crippen LogP contribution in [0.5, 0.6) is 0 Å². The van der Waals surface area contributed by atoms with Crippen molar-refractivity contribution in [3.05, 3.63) is 0 Å². The van der Waals surface area contributed by atoms with Crippen LogP contribution >= 0.6 is 24.0 Å². The van der Waals surface area contributed by atoms with E-state index in [1.807, 2.05) is 0 Å². The Bertz CT molecular complexity index is 281. The van der Waals surface area contributed by atoms with Gasteiger partial charge in [-0.25, -0.2) is 0 Å². The van der Waals surface area contributed by atoms with Gasteiger partial charge in [-0.1, -0.05) is 6.92 Å². The highest BCUT2D eigenvalue weighted by molar-refractivity contribution is 14.0. The molecule has 5 nitrogen and oxygen atoms in total. The van der Waals surface area contributed by atoms with Crippen LogP contribution in [0.25, 0.3) is 0 Å². The van der Waals surface area contributed by atoms with E-state index in [0.717, 1.165) is 44.5 Å². The molecule has 0 aromatic heterocycles. The molecular formula is C16H35IN4O. The molecule has 0 bridgehead atoms. The number of methoxy groups -OCH3 is 1. The number of hydrogen-bond donors (Lipinski definition) is 2. The number of rotatable bonds is 9. The first-order chi connectivity index (χ1) is 10.3. The van der Waals surface area contributed by atoms with Crippen LogP contribution < -0.4 is 10.6 Å². The van der Waals surface area contributed by atoms with Crippen molar-refractivity contribution in [3.8, 4) is 0 Å². The van der Waals surface area contributed by atoms with E-state index in [1.54, 1.807) is 7.11 Å². The Morgan fingerprint density at radius 1 is 1.23 bits per heavy atom. The fourth-order valence-corrected chi connectivity index (χ4v) is 2.73. The van der Waals surface area contributed by atoms with Crippen LogP contribution in [0.3, 0.4) is 0 Å². The second-order valence-corrected chi connectivity index (χ2v) is 5.70. The van der Waals surface area contributed by atoms with Gasteiger partial charge >= 0.3 is 0 Å². The number of halogens is 1. The molecule has 1 saturated heterocycles. The Balaban J connectivity index is 0.00000441. The maximum atomic E-state index is 5.05. The quantitative estimate of drug-likeness (QED) is 0.257. The molecule has 0 spiro atoms. The third-order valence-corrected chi connectivity index (χ3v) is 4.12. The molecular weight excluding hydrogens is 391 g/mol. The summed E-state index contributed by atoms with van der Waals surface area (Å²) >= 11 is 0. The highest BCUT2D eigenvalue weighted by atomic mass is 127. The van der Waals surface area contributed by atoms with Gasteiger partial charge in [-0.2, -0.15) is 0 Å². The van der Waals surface area contributed by atoms with Gasteiger partial charge in [0.1, 0.15) is 0 Å². The van der Waals surface area contributed by atoms with Crippen molar-refractivity contribution in [3.63, 3.8) is 0 Å². The van der Waals surface area contributed by atoms with Gasteiger partial charge in [0.25, 0.3) is 0 Å². The zero-order valence-electron chi connectivity index (χ0n) is 14.6. The summed E-state index contributed by atoms with van der Waals surface area (Å²) in [5, 5.41) is 6.76. The molecule has 0 unspecified atom stereocenters. The van der Waals surface area contributed by atoms with Gasteiger partial charge in [0.2, 0.25) is 0 Å². The van der Waals surface area contributed by atoms with Gasteiger partial charge in [-0.3, -0.25) is 4.99 Å². The molecule has 1 aliphatic rings. The molecule has 22 heavy (non-hydrogen) atoms. The van der Waals surface area contributed by atoms with Crippen LogP contribution in [-0.2, 0) is 4.74 Å². The summed E-state index contributed by atoms with van der Waals surface area (Å²) in [6.07, 6.45) is 4.91. The van der Waals surface area contributed by atoms with E-state index in [-0.39, 0.29) is 24.0 Å². The third-order valence-electron chi connectivity index (χ3n) is 4.12. The van der Waals surface area contributed by atoms with Crippen molar-refractivity contribution in [1.82, 2.24) is 15.5 Å². The van der Waals surface area contributed by atoms with E-state index in [2.05, 4.69) is 34.4 Å². The molecule has 132 valence electrons. The molecule has 0 aromatic rings. The molecule has 0 radical (unpaired) electrons. The lowest BCUT2D eigenvalue weighted by Gasteiger charge is -2.31. The Morgan fingerprint density at radius 3 is 2.55 bits per heavy atom. The first-order valence-corrected chi connectivity index (χ1v) is 8.53. The second kappa shape index (κ2) is 14.5. The summed E-state index contributed by atoms with van der Waals surface area (Å²) in [4.78, 5) is 7.11. The maximum Gasteiger partial charge on any atom is 0.191 e. The van der Waals surface area contributed by atoms with Gasteiger partial charge in [-0.15, -0.1) is 24.0 Å². The Labute approximate surface area is 153 Å². The fraction of sp³-hybridized carbons (Fsp3) is 0.938. The minimum absolute atomic E-state index is 0. The Hall–Kier alpha value is -0.0800. The Morgan fingerprint density at radius 2 is 1.95 bits per heavy atom. The third kappa shape index (κ3) is 9.84. The minimum Gasteiger partial charge on any atom is -0.385 e. The molecule has 1 heterocycles. The topological polar surface area (TPSA) is 48.9 Å². The summed E-state index contributed by atoms with van der Waals surface area (Å²) < 4.78 is 5.05. The van der Waals surface area contributed by atoms with Crippen LogP contribution in [0.2, 0.25) is 0 Å². The van der Waals surface area contributed by atoms with Crippen LogP contribution in [-0.4, -0.2) is 63.8 Å². The van der Waals surface area contributed by atoms with Crippen molar-refractivity contribution in [2.24, 2.45) is 10.9 Å². The zero-order valence-corrected chi connectivity index (χ0v) is 16.9. The molecule has 0 atom stereocenters. The molecule has 0 saturated carbocycles. The highest BCUT2D eigenvalue weighted by Gasteiger charge is 2.17. The van der Waals surface area contributed by atoms with Crippen molar-refractivity contribution >= 4 is 29.9 Å². The lowest BCUT2D eigenvalue weighted by molar-refractivity contribution is 0.187.